The molecule has 0 aromatic heterocycles. The van der Waals surface area contributed by atoms with E-state index in [0.717, 1.165) is 0 Å². The summed E-state index contributed by atoms with van der Waals surface area (Å²) >= 11 is 0. The van der Waals surface area contributed by atoms with Gasteiger partial charge in [0.1, 0.15) is 6.04 Å². The molecule has 0 amide bonds. The zero-order chi connectivity index (χ0) is 10.6. The molecule has 0 heterocycles. The van der Waals surface area contributed by atoms with Gasteiger partial charge in [0, 0.05) is 6.16 Å². The number of aliphatic carboxylic acids is 1. The highest BCUT2D eigenvalue weighted by atomic mass is 35.5. The number of halogens is 2. The predicted molar refractivity (Wildman–Crippen MR) is 63.1 cm³/mol. The molecule has 6 nitrogen and oxygen atoms in total. The molecule has 0 aliphatic heterocycles. The fraction of sp³-hybridized carbons (Fsp3) is 0.833. The van der Waals surface area contributed by atoms with E-state index in [-0.39, 0.29) is 37.4 Å². The van der Waals surface area contributed by atoms with Crippen molar-refractivity contribution >= 4 is 38.2 Å². The molecule has 3 atom stereocenters. The van der Waals surface area contributed by atoms with Crippen molar-refractivity contribution in [3.8, 4) is 0 Å². The first-order valence-corrected chi connectivity index (χ1v) is 5.74. The minimum absolute atomic E-state index is 0. The molecule has 0 aromatic carbocycles. The topological polar surface area (TPSA) is 127 Å². The zero-order valence-corrected chi connectivity index (χ0v) is 10.7. The van der Waals surface area contributed by atoms with Crippen LogP contribution in [0.1, 0.15) is 13.3 Å². The van der Waals surface area contributed by atoms with Gasteiger partial charge in [-0.3, -0.25) is 9.36 Å². The Morgan fingerprint density at radius 1 is 1.40 bits per heavy atom. The molecule has 0 aromatic rings. The number of carboxylic acids is 1. The van der Waals surface area contributed by atoms with Gasteiger partial charge in [-0.05, 0) is 13.3 Å². The van der Waals surface area contributed by atoms with E-state index < -0.39 is 25.2 Å². The van der Waals surface area contributed by atoms with Crippen LogP contribution in [-0.4, -0.2) is 34.0 Å². The number of rotatable bonds is 5. The SMILES string of the molecule is CC(N)P(=O)(O)CC[C@H](N)C(=O)O.Cl.Cl. The van der Waals surface area contributed by atoms with Crippen LogP contribution in [0.15, 0.2) is 0 Å². The van der Waals surface area contributed by atoms with E-state index in [1.54, 1.807) is 0 Å². The summed E-state index contributed by atoms with van der Waals surface area (Å²) in [5, 5.41) is 8.39. The van der Waals surface area contributed by atoms with E-state index in [1.807, 2.05) is 0 Å². The molecule has 0 bridgehead atoms. The Morgan fingerprint density at radius 2 is 1.80 bits per heavy atom. The second-order valence-electron chi connectivity index (χ2n) is 2.95. The molecular weight excluding hydrogens is 266 g/mol. The molecule has 0 aliphatic carbocycles. The molecule has 0 radical (unpaired) electrons. The van der Waals surface area contributed by atoms with Gasteiger partial charge in [0.15, 0.2) is 0 Å². The van der Waals surface area contributed by atoms with Crippen molar-refractivity contribution < 1.29 is 19.4 Å². The van der Waals surface area contributed by atoms with Crippen LogP contribution in [0.25, 0.3) is 0 Å². The Hall–Kier alpha value is 0.160. The lowest BCUT2D eigenvalue weighted by molar-refractivity contribution is -0.138. The first-order valence-electron chi connectivity index (χ1n) is 3.83. The third kappa shape index (κ3) is 8.02. The summed E-state index contributed by atoms with van der Waals surface area (Å²) in [6, 6.07) is -1.10. The van der Waals surface area contributed by atoms with Crippen LogP contribution < -0.4 is 11.5 Å². The summed E-state index contributed by atoms with van der Waals surface area (Å²) in [7, 11) is -3.42. The average molecular weight is 283 g/mol. The van der Waals surface area contributed by atoms with Crippen molar-refractivity contribution in [2.75, 3.05) is 6.16 Å². The van der Waals surface area contributed by atoms with Gasteiger partial charge >= 0.3 is 5.97 Å². The maximum absolute atomic E-state index is 11.2. The molecule has 9 heteroatoms. The first-order chi connectivity index (χ1) is 5.77. The summed E-state index contributed by atoms with van der Waals surface area (Å²) < 4.78 is 11.2. The molecule has 0 spiro atoms. The highest BCUT2D eigenvalue weighted by Crippen LogP contribution is 2.44. The Morgan fingerprint density at radius 3 is 2.07 bits per heavy atom. The van der Waals surface area contributed by atoms with Gasteiger partial charge in [-0.15, -0.1) is 24.8 Å². The van der Waals surface area contributed by atoms with Crippen molar-refractivity contribution in [1.29, 1.82) is 0 Å². The second-order valence-corrected chi connectivity index (χ2v) is 5.73. The summed E-state index contributed by atoms with van der Waals surface area (Å²) in [5.74, 6) is -2.02. The number of nitrogens with two attached hydrogens (primary N) is 2. The Labute approximate surface area is 101 Å². The zero-order valence-electron chi connectivity index (χ0n) is 8.20. The number of hydrogen-bond acceptors (Lipinski definition) is 4. The van der Waals surface area contributed by atoms with Crippen molar-refractivity contribution in [2.45, 2.75) is 25.2 Å². The van der Waals surface area contributed by atoms with E-state index in [0.29, 0.717) is 0 Å². The lowest BCUT2D eigenvalue weighted by Gasteiger charge is -2.15. The van der Waals surface area contributed by atoms with Crippen molar-refractivity contribution in [2.24, 2.45) is 11.5 Å². The van der Waals surface area contributed by atoms with Crippen LogP contribution in [0.4, 0.5) is 0 Å². The molecule has 6 N–H and O–H groups in total. The van der Waals surface area contributed by atoms with Crippen LogP contribution in [0.3, 0.4) is 0 Å². The molecule has 15 heavy (non-hydrogen) atoms. The van der Waals surface area contributed by atoms with E-state index in [4.69, 9.17) is 16.6 Å². The van der Waals surface area contributed by atoms with Gasteiger partial charge in [-0.25, -0.2) is 0 Å². The quantitative estimate of drug-likeness (QED) is 0.534. The maximum atomic E-state index is 11.2. The smallest absolute Gasteiger partial charge is 0.320 e. The highest BCUT2D eigenvalue weighted by Gasteiger charge is 2.25. The van der Waals surface area contributed by atoms with E-state index in [9.17, 15) is 14.3 Å². The van der Waals surface area contributed by atoms with Gasteiger partial charge in [-0.1, -0.05) is 0 Å². The standard InChI is InChI=1S/C6H15N2O4P.2ClH/c1-4(7)13(11,12)3-2-5(8)6(9)10;;/h4-5H,2-3,7-8H2,1H3,(H,9,10)(H,11,12);2*1H/t4?,5-;;/m0../s1. The molecule has 0 aliphatic rings. The third-order valence-electron chi connectivity index (χ3n) is 1.71. The highest BCUT2D eigenvalue weighted by molar-refractivity contribution is 7.58. The number of carboxylic acid groups (broad SMARTS) is 1. The summed E-state index contributed by atoms with van der Waals surface area (Å²) in [5.41, 5.74) is 10.4. The molecule has 0 rings (SSSR count). The fourth-order valence-electron chi connectivity index (χ4n) is 0.651. The second kappa shape index (κ2) is 8.33. The minimum Gasteiger partial charge on any atom is -0.480 e. The van der Waals surface area contributed by atoms with Gasteiger partial charge in [0.2, 0.25) is 7.37 Å². The summed E-state index contributed by atoms with van der Waals surface area (Å²) in [6.45, 7) is 1.41. The van der Waals surface area contributed by atoms with Gasteiger partial charge in [0.05, 0.1) is 5.78 Å². The molecular formula is C6H17Cl2N2O4P. The van der Waals surface area contributed by atoms with Crippen LogP contribution >= 0.6 is 32.2 Å². The number of carbonyl (C=O) groups is 1. The molecule has 0 fully saturated rings. The molecule has 94 valence electrons. The van der Waals surface area contributed by atoms with Crippen LogP contribution in [-0.2, 0) is 9.36 Å². The van der Waals surface area contributed by atoms with E-state index in [2.05, 4.69) is 0 Å². The van der Waals surface area contributed by atoms with Gasteiger partial charge in [0.25, 0.3) is 0 Å². The van der Waals surface area contributed by atoms with E-state index >= 15 is 0 Å². The normalized spacial score (nSPS) is 17.6. The third-order valence-corrected chi connectivity index (χ3v) is 3.89. The lowest BCUT2D eigenvalue weighted by Crippen LogP contribution is -2.31. The monoisotopic (exact) mass is 282 g/mol. The van der Waals surface area contributed by atoms with E-state index in [1.165, 1.54) is 6.92 Å². The first kappa shape index (κ1) is 20.6. The van der Waals surface area contributed by atoms with Crippen molar-refractivity contribution in [1.82, 2.24) is 0 Å². The molecule has 0 saturated heterocycles. The lowest BCUT2D eigenvalue weighted by atomic mass is 10.2. The van der Waals surface area contributed by atoms with Gasteiger partial charge in [-0.2, -0.15) is 0 Å². The van der Waals surface area contributed by atoms with Crippen molar-refractivity contribution in [3.05, 3.63) is 0 Å². The Kier molecular flexibility index (Phi) is 11.4. The number of hydrogen-bond donors (Lipinski definition) is 4. The fourth-order valence-corrected chi connectivity index (χ4v) is 1.71. The molecule has 2 unspecified atom stereocenters. The van der Waals surface area contributed by atoms with Gasteiger partial charge < -0.3 is 21.5 Å². The van der Waals surface area contributed by atoms with Crippen molar-refractivity contribution in [3.63, 3.8) is 0 Å². The van der Waals surface area contributed by atoms with Crippen LogP contribution in [0.2, 0.25) is 0 Å². The summed E-state index contributed by atoms with van der Waals surface area (Å²) in [4.78, 5) is 19.5. The maximum Gasteiger partial charge on any atom is 0.320 e. The predicted octanol–water partition coefficient (Wildman–Crippen LogP) is 0.207. The average Bonchev–Trinajstić information content (AvgIpc) is 1.99. The Balaban J connectivity index is -0.000000720. The summed E-state index contributed by atoms with van der Waals surface area (Å²) in [6.07, 6.45) is -0.192. The largest absolute Gasteiger partial charge is 0.480 e. The van der Waals surface area contributed by atoms with Crippen LogP contribution in [0, 0.1) is 0 Å². The van der Waals surface area contributed by atoms with Crippen LogP contribution in [0.5, 0.6) is 0 Å². The minimum atomic E-state index is -3.42. The Bertz CT molecular complexity index is 239. The molecule has 0 saturated carbocycles.